The van der Waals surface area contributed by atoms with E-state index in [0.29, 0.717) is 12.4 Å². The van der Waals surface area contributed by atoms with Crippen molar-refractivity contribution >= 4 is 10.0 Å². The zero-order valence-corrected chi connectivity index (χ0v) is 16.5. The highest BCUT2D eigenvalue weighted by Gasteiger charge is 2.23. The minimum atomic E-state index is -3.41. The van der Waals surface area contributed by atoms with Gasteiger partial charge >= 0.3 is 0 Å². The summed E-state index contributed by atoms with van der Waals surface area (Å²) < 4.78 is 31.2. The topological polar surface area (TPSA) is 74.8 Å². The molecule has 2 heterocycles. The lowest BCUT2D eigenvalue weighted by molar-refractivity contribution is 0.134. The number of hydrogen-bond acceptors (Lipinski definition) is 6. The second kappa shape index (κ2) is 8.79. The Morgan fingerprint density at radius 1 is 1.26 bits per heavy atom. The molecular formula is C19H26N4O3S. The van der Waals surface area contributed by atoms with Crippen LogP contribution in [0.15, 0.2) is 53.7 Å². The Morgan fingerprint density at radius 2 is 2.04 bits per heavy atom. The maximum absolute atomic E-state index is 12.1. The first kappa shape index (κ1) is 19.8. The highest BCUT2D eigenvalue weighted by atomic mass is 32.2. The number of nitrogens with one attached hydrogen (secondary N) is 1. The molecule has 7 nitrogen and oxygen atoms in total. The highest BCUT2D eigenvalue weighted by molar-refractivity contribution is 7.89. The molecule has 2 aromatic rings. The van der Waals surface area contributed by atoms with E-state index in [2.05, 4.69) is 21.3 Å². The van der Waals surface area contributed by atoms with Gasteiger partial charge < -0.3 is 10.1 Å². The summed E-state index contributed by atoms with van der Waals surface area (Å²) in [6.07, 6.45) is 3.70. The number of benzene rings is 1. The average Bonchev–Trinajstić information content (AvgIpc) is 2.69. The third kappa shape index (κ3) is 4.84. The molecule has 0 saturated carbocycles. The molecule has 1 aliphatic heterocycles. The molecule has 27 heavy (non-hydrogen) atoms. The van der Waals surface area contributed by atoms with Crippen LogP contribution in [0.2, 0.25) is 0 Å². The third-order valence-corrected chi connectivity index (χ3v) is 6.50. The standard InChI is InChI=1S/C19H26N4O3S/c1-22(2)27(24,25)18-7-5-17(6-8-18)26-13-12-23-11-10-21-15-19(23)16-4-3-9-20-14-16/h3-9,14,19,21H,10-13,15H2,1-2H3. The van der Waals surface area contributed by atoms with Crippen LogP contribution < -0.4 is 10.1 Å². The SMILES string of the molecule is CN(C)S(=O)(=O)c1ccc(OCCN2CCNCC2c2cccnc2)cc1. The Hall–Kier alpha value is -2.00. The van der Waals surface area contributed by atoms with Gasteiger partial charge in [0, 0.05) is 58.7 Å². The zero-order valence-electron chi connectivity index (χ0n) is 15.7. The number of pyridine rings is 1. The van der Waals surface area contributed by atoms with Crippen LogP contribution >= 0.6 is 0 Å². The summed E-state index contributed by atoms with van der Waals surface area (Å²) in [6, 6.07) is 10.9. The van der Waals surface area contributed by atoms with E-state index < -0.39 is 10.0 Å². The smallest absolute Gasteiger partial charge is 0.242 e. The van der Waals surface area contributed by atoms with Crippen LogP contribution in [0, 0.1) is 0 Å². The van der Waals surface area contributed by atoms with Gasteiger partial charge in [-0.1, -0.05) is 6.07 Å². The van der Waals surface area contributed by atoms with Gasteiger partial charge in [-0.25, -0.2) is 12.7 Å². The average molecular weight is 391 g/mol. The van der Waals surface area contributed by atoms with Crippen molar-refractivity contribution in [2.45, 2.75) is 10.9 Å². The van der Waals surface area contributed by atoms with E-state index in [1.54, 1.807) is 30.5 Å². The number of ether oxygens (including phenoxy) is 1. The molecule has 1 unspecified atom stereocenters. The first-order valence-corrected chi connectivity index (χ1v) is 10.4. The van der Waals surface area contributed by atoms with E-state index >= 15 is 0 Å². The number of rotatable bonds is 7. The fourth-order valence-electron chi connectivity index (χ4n) is 3.12. The summed E-state index contributed by atoms with van der Waals surface area (Å²) in [7, 11) is -0.373. The van der Waals surface area contributed by atoms with Crippen LogP contribution in [-0.2, 0) is 10.0 Å². The molecule has 0 bridgehead atoms. The Morgan fingerprint density at radius 3 is 2.70 bits per heavy atom. The van der Waals surface area contributed by atoms with Crippen LogP contribution in [0.25, 0.3) is 0 Å². The summed E-state index contributed by atoms with van der Waals surface area (Å²) in [5, 5.41) is 3.43. The molecule has 1 saturated heterocycles. The van der Waals surface area contributed by atoms with Gasteiger partial charge in [0.2, 0.25) is 10.0 Å². The van der Waals surface area contributed by atoms with Gasteiger partial charge in [0.15, 0.2) is 0 Å². The van der Waals surface area contributed by atoms with Crippen LogP contribution in [-0.4, -0.2) is 69.5 Å². The fourth-order valence-corrected chi connectivity index (χ4v) is 4.02. The molecule has 0 spiro atoms. The van der Waals surface area contributed by atoms with E-state index in [-0.39, 0.29) is 10.9 Å². The molecule has 1 atom stereocenters. The van der Waals surface area contributed by atoms with Crippen molar-refractivity contribution in [1.29, 1.82) is 0 Å². The van der Waals surface area contributed by atoms with E-state index in [0.717, 1.165) is 26.2 Å². The van der Waals surface area contributed by atoms with Crippen molar-refractivity contribution in [3.05, 3.63) is 54.4 Å². The lowest BCUT2D eigenvalue weighted by atomic mass is 10.1. The molecule has 3 rings (SSSR count). The fraction of sp³-hybridized carbons (Fsp3) is 0.421. The van der Waals surface area contributed by atoms with Crippen molar-refractivity contribution in [2.24, 2.45) is 0 Å². The van der Waals surface area contributed by atoms with E-state index in [1.165, 1.54) is 24.0 Å². The molecular weight excluding hydrogens is 364 g/mol. The van der Waals surface area contributed by atoms with Gasteiger partial charge in [0.05, 0.1) is 4.90 Å². The first-order chi connectivity index (χ1) is 13.0. The van der Waals surface area contributed by atoms with Crippen LogP contribution in [0.5, 0.6) is 5.75 Å². The molecule has 0 radical (unpaired) electrons. The van der Waals surface area contributed by atoms with Crippen molar-refractivity contribution in [2.75, 3.05) is 46.9 Å². The van der Waals surface area contributed by atoms with Crippen LogP contribution in [0.4, 0.5) is 0 Å². The van der Waals surface area contributed by atoms with Gasteiger partial charge in [-0.15, -0.1) is 0 Å². The Bertz CT molecular complexity index is 826. The largest absolute Gasteiger partial charge is 0.492 e. The summed E-state index contributed by atoms with van der Waals surface area (Å²) >= 11 is 0. The van der Waals surface area contributed by atoms with Gasteiger partial charge in [-0.2, -0.15) is 0 Å². The maximum Gasteiger partial charge on any atom is 0.242 e. The van der Waals surface area contributed by atoms with Crippen molar-refractivity contribution in [1.82, 2.24) is 19.5 Å². The van der Waals surface area contributed by atoms with E-state index in [4.69, 9.17) is 4.74 Å². The molecule has 1 aliphatic rings. The maximum atomic E-state index is 12.1. The van der Waals surface area contributed by atoms with E-state index in [1.807, 2.05) is 12.3 Å². The lowest BCUT2D eigenvalue weighted by Gasteiger charge is -2.36. The lowest BCUT2D eigenvalue weighted by Crippen LogP contribution is -2.47. The summed E-state index contributed by atoms with van der Waals surface area (Å²) in [4.78, 5) is 6.87. The zero-order chi connectivity index (χ0) is 19.3. The van der Waals surface area contributed by atoms with Crippen LogP contribution in [0.1, 0.15) is 11.6 Å². The van der Waals surface area contributed by atoms with Gasteiger partial charge in [-0.05, 0) is 35.9 Å². The molecule has 0 amide bonds. The summed E-state index contributed by atoms with van der Waals surface area (Å²) in [6.45, 7) is 4.12. The number of piperazine rings is 1. The highest BCUT2D eigenvalue weighted by Crippen LogP contribution is 2.22. The molecule has 0 aliphatic carbocycles. The third-order valence-electron chi connectivity index (χ3n) is 4.67. The van der Waals surface area contributed by atoms with Crippen molar-refractivity contribution in [3.8, 4) is 5.75 Å². The minimum Gasteiger partial charge on any atom is -0.492 e. The monoisotopic (exact) mass is 390 g/mol. The normalized spacial score (nSPS) is 18.6. The predicted octanol–water partition coefficient (Wildman–Crippen LogP) is 1.36. The second-order valence-electron chi connectivity index (χ2n) is 6.65. The first-order valence-electron chi connectivity index (χ1n) is 8.98. The number of nitrogens with zero attached hydrogens (tertiary/aromatic N) is 3. The number of hydrogen-bond donors (Lipinski definition) is 1. The Labute approximate surface area is 161 Å². The second-order valence-corrected chi connectivity index (χ2v) is 8.80. The Balaban J connectivity index is 1.57. The van der Waals surface area contributed by atoms with Crippen molar-refractivity contribution < 1.29 is 13.2 Å². The molecule has 146 valence electrons. The molecule has 1 fully saturated rings. The Kier molecular flexibility index (Phi) is 6.43. The van der Waals surface area contributed by atoms with Gasteiger partial charge in [0.25, 0.3) is 0 Å². The summed E-state index contributed by atoms with van der Waals surface area (Å²) in [5.74, 6) is 0.667. The molecule has 1 N–H and O–H groups in total. The number of sulfonamides is 1. The minimum absolute atomic E-state index is 0.263. The predicted molar refractivity (Wildman–Crippen MR) is 104 cm³/mol. The number of aromatic nitrogens is 1. The summed E-state index contributed by atoms with van der Waals surface area (Å²) in [5.41, 5.74) is 1.20. The van der Waals surface area contributed by atoms with Gasteiger partial charge in [-0.3, -0.25) is 9.88 Å². The van der Waals surface area contributed by atoms with Crippen LogP contribution in [0.3, 0.4) is 0 Å². The molecule has 1 aromatic heterocycles. The molecule has 8 heteroatoms. The van der Waals surface area contributed by atoms with Crippen molar-refractivity contribution in [3.63, 3.8) is 0 Å². The quantitative estimate of drug-likeness (QED) is 0.769. The van der Waals surface area contributed by atoms with E-state index in [9.17, 15) is 8.42 Å². The van der Waals surface area contributed by atoms with Gasteiger partial charge in [0.1, 0.15) is 12.4 Å². The molecule has 1 aromatic carbocycles.